The molecule has 0 atom stereocenters. The third-order valence-electron chi connectivity index (χ3n) is 3.71. The SMILES string of the molecule is CC(=O)N1CCN(c2ccc(C)cc2CCN)CC1. The summed E-state index contributed by atoms with van der Waals surface area (Å²) >= 11 is 0. The van der Waals surface area contributed by atoms with Gasteiger partial charge >= 0.3 is 0 Å². The van der Waals surface area contributed by atoms with E-state index in [0.29, 0.717) is 6.54 Å². The number of nitrogens with zero attached hydrogens (tertiary/aromatic N) is 2. The lowest BCUT2D eigenvalue weighted by Crippen LogP contribution is -2.48. The lowest BCUT2D eigenvalue weighted by molar-refractivity contribution is -0.129. The van der Waals surface area contributed by atoms with Gasteiger partial charge in [0.2, 0.25) is 5.91 Å². The van der Waals surface area contributed by atoms with Crippen LogP contribution in [0.5, 0.6) is 0 Å². The van der Waals surface area contributed by atoms with Crippen LogP contribution in [0.25, 0.3) is 0 Å². The molecule has 2 rings (SSSR count). The van der Waals surface area contributed by atoms with Gasteiger partial charge in [0.25, 0.3) is 0 Å². The molecule has 19 heavy (non-hydrogen) atoms. The Hall–Kier alpha value is -1.55. The summed E-state index contributed by atoms with van der Waals surface area (Å²) in [5.74, 6) is 0.172. The molecule has 4 heteroatoms. The van der Waals surface area contributed by atoms with E-state index in [2.05, 4.69) is 30.0 Å². The van der Waals surface area contributed by atoms with Crippen LogP contribution < -0.4 is 10.6 Å². The number of hydrogen-bond donors (Lipinski definition) is 1. The van der Waals surface area contributed by atoms with Crippen LogP contribution in [0.4, 0.5) is 5.69 Å². The molecule has 0 aromatic heterocycles. The molecule has 1 fully saturated rings. The third-order valence-corrected chi connectivity index (χ3v) is 3.71. The van der Waals surface area contributed by atoms with Crippen molar-refractivity contribution in [3.8, 4) is 0 Å². The average Bonchev–Trinajstić information content (AvgIpc) is 2.39. The maximum Gasteiger partial charge on any atom is 0.219 e. The highest BCUT2D eigenvalue weighted by Crippen LogP contribution is 2.23. The van der Waals surface area contributed by atoms with E-state index in [1.807, 2.05) is 4.90 Å². The van der Waals surface area contributed by atoms with E-state index in [0.717, 1.165) is 32.6 Å². The van der Waals surface area contributed by atoms with Crippen molar-refractivity contribution in [2.45, 2.75) is 20.3 Å². The standard InChI is InChI=1S/C15H23N3O/c1-12-3-4-15(14(11-12)5-6-16)18-9-7-17(8-10-18)13(2)19/h3-4,11H,5-10,16H2,1-2H3. The zero-order valence-electron chi connectivity index (χ0n) is 11.9. The van der Waals surface area contributed by atoms with E-state index in [-0.39, 0.29) is 5.91 Å². The molecule has 1 amide bonds. The van der Waals surface area contributed by atoms with Crippen molar-refractivity contribution in [3.63, 3.8) is 0 Å². The second-order valence-electron chi connectivity index (χ2n) is 5.16. The second kappa shape index (κ2) is 6.06. The fourth-order valence-electron chi connectivity index (χ4n) is 2.64. The average molecular weight is 261 g/mol. The molecule has 1 heterocycles. The third kappa shape index (κ3) is 3.26. The molecule has 0 spiro atoms. The monoisotopic (exact) mass is 261 g/mol. The van der Waals surface area contributed by atoms with Gasteiger partial charge in [-0.05, 0) is 31.5 Å². The summed E-state index contributed by atoms with van der Waals surface area (Å²) in [7, 11) is 0. The molecule has 0 unspecified atom stereocenters. The Kier molecular flexibility index (Phi) is 4.43. The number of piperazine rings is 1. The van der Waals surface area contributed by atoms with Crippen molar-refractivity contribution in [1.29, 1.82) is 0 Å². The van der Waals surface area contributed by atoms with Gasteiger partial charge in [0.1, 0.15) is 0 Å². The van der Waals surface area contributed by atoms with Crippen LogP contribution in [-0.2, 0) is 11.2 Å². The number of carbonyl (C=O) groups is 1. The van der Waals surface area contributed by atoms with Crippen LogP contribution in [0.3, 0.4) is 0 Å². The second-order valence-corrected chi connectivity index (χ2v) is 5.16. The molecular formula is C15H23N3O. The fourth-order valence-corrected chi connectivity index (χ4v) is 2.64. The Morgan fingerprint density at radius 3 is 2.53 bits per heavy atom. The number of rotatable bonds is 3. The van der Waals surface area contributed by atoms with Crippen molar-refractivity contribution >= 4 is 11.6 Å². The van der Waals surface area contributed by atoms with Gasteiger partial charge < -0.3 is 15.5 Å². The van der Waals surface area contributed by atoms with E-state index < -0.39 is 0 Å². The van der Waals surface area contributed by atoms with Crippen molar-refractivity contribution in [1.82, 2.24) is 4.90 Å². The minimum atomic E-state index is 0.172. The van der Waals surface area contributed by atoms with Crippen molar-refractivity contribution < 1.29 is 4.79 Å². The number of carbonyl (C=O) groups excluding carboxylic acids is 1. The lowest BCUT2D eigenvalue weighted by atomic mass is 10.0. The van der Waals surface area contributed by atoms with E-state index in [1.165, 1.54) is 16.8 Å². The Labute approximate surface area is 115 Å². The normalized spacial score (nSPS) is 15.7. The highest BCUT2D eigenvalue weighted by atomic mass is 16.2. The minimum Gasteiger partial charge on any atom is -0.368 e. The van der Waals surface area contributed by atoms with Crippen molar-refractivity contribution in [2.24, 2.45) is 5.73 Å². The van der Waals surface area contributed by atoms with E-state index in [1.54, 1.807) is 6.92 Å². The molecule has 1 aromatic carbocycles. The maximum atomic E-state index is 11.3. The number of anilines is 1. The molecule has 1 aliphatic heterocycles. The Balaban J connectivity index is 2.12. The molecule has 1 aliphatic rings. The van der Waals surface area contributed by atoms with E-state index in [4.69, 9.17) is 5.73 Å². The first kappa shape index (κ1) is 13.9. The summed E-state index contributed by atoms with van der Waals surface area (Å²) in [5.41, 5.74) is 9.57. The smallest absolute Gasteiger partial charge is 0.219 e. The maximum absolute atomic E-state index is 11.3. The van der Waals surface area contributed by atoms with Gasteiger partial charge in [-0.1, -0.05) is 17.7 Å². The van der Waals surface area contributed by atoms with Gasteiger partial charge in [-0.15, -0.1) is 0 Å². The first-order valence-electron chi connectivity index (χ1n) is 6.92. The molecule has 2 N–H and O–H groups in total. The fraction of sp³-hybridized carbons (Fsp3) is 0.533. The first-order valence-corrected chi connectivity index (χ1v) is 6.92. The molecule has 0 saturated carbocycles. The zero-order valence-corrected chi connectivity index (χ0v) is 11.9. The van der Waals surface area contributed by atoms with Gasteiger partial charge in [0, 0.05) is 38.8 Å². The molecule has 0 aliphatic carbocycles. The Morgan fingerprint density at radius 2 is 1.95 bits per heavy atom. The van der Waals surface area contributed by atoms with Crippen molar-refractivity contribution in [2.75, 3.05) is 37.6 Å². The molecule has 0 bridgehead atoms. The number of nitrogens with two attached hydrogens (primary N) is 1. The van der Waals surface area contributed by atoms with Crippen LogP contribution in [0.15, 0.2) is 18.2 Å². The van der Waals surface area contributed by atoms with Crippen molar-refractivity contribution in [3.05, 3.63) is 29.3 Å². The summed E-state index contributed by atoms with van der Waals surface area (Å²) < 4.78 is 0. The predicted molar refractivity (Wildman–Crippen MR) is 78.4 cm³/mol. The number of benzene rings is 1. The van der Waals surface area contributed by atoms with E-state index >= 15 is 0 Å². The molecule has 104 valence electrons. The quantitative estimate of drug-likeness (QED) is 0.888. The summed E-state index contributed by atoms with van der Waals surface area (Å²) in [4.78, 5) is 15.6. The van der Waals surface area contributed by atoms with Crippen LogP contribution in [0.1, 0.15) is 18.1 Å². The highest BCUT2D eigenvalue weighted by molar-refractivity contribution is 5.73. The summed E-state index contributed by atoms with van der Waals surface area (Å²) in [6.07, 6.45) is 0.907. The van der Waals surface area contributed by atoms with Crippen LogP contribution in [0, 0.1) is 6.92 Å². The predicted octanol–water partition coefficient (Wildman–Crippen LogP) is 1.16. The lowest BCUT2D eigenvalue weighted by Gasteiger charge is -2.36. The molecule has 0 radical (unpaired) electrons. The first-order chi connectivity index (χ1) is 9.11. The topological polar surface area (TPSA) is 49.6 Å². The summed E-state index contributed by atoms with van der Waals surface area (Å²) in [6.45, 7) is 7.85. The summed E-state index contributed by atoms with van der Waals surface area (Å²) in [5, 5.41) is 0. The zero-order chi connectivity index (χ0) is 13.8. The summed E-state index contributed by atoms with van der Waals surface area (Å²) in [6, 6.07) is 6.55. The van der Waals surface area contributed by atoms with Gasteiger partial charge in [-0.3, -0.25) is 4.79 Å². The van der Waals surface area contributed by atoms with Crippen LogP contribution >= 0.6 is 0 Å². The minimum absolute atomic E-state index is 0.172. The number of aryl methyl sites for hydroxylation is 1. The van der Waals surface area contributed by atoms with Gasteiger partial charge in [-0.2, -0.15) is 0 Å². The van der Waals surface area contributed by atoms with E-state index in [9.17, 15) is 4.79 Å². The number of amides is 1. The molecule has 1 aromatic rings. The van der Waals surface area contributed by atoms with Gasteiger partial charge in [0.05, 0.1) is 0 Å². The highest BCUT2D eigenvalue weighted by Gasteiger charge is 2.20. The largest absolute Gasteiger partial charge is 0.368 e. The van der Waals surface area contributed by atoms with Gasteiger partial charge in [0.15, 0.2) is 0 Å². The van der Waals surface area contributed by atoms with Crippen LogP contribution in [0.2, 0.25) is 0 Å². The number of hydrogen-bond acceptors (Lipinski definition) is 3. The molecule has 1 saturated heterocycles. The van der Waals surface area contributed by atoms with Gasteiger partial charge in [-0.25, -0.2) is 0 Å². The van der Waals surface area contributed by atoms with Crippen LogP contribution in [-0.4, -0.2) is 43.5 Å². The molecular weight excluding hydrogens is 238 g/mol. The Morgan fingerprint density at radius 1 is 1.26 bits per heavy atom. The molecule has 4 nitrogen and oxygen atoms in total. The Bertz CT molecular complexity index is 451.